The molecule has 0 bridgehead atoms. The molecule has 2 rings (SSSR count). The highest BCUT2D eigenvalue weighted by molar-refractivity contribution is 5.83. The molecule has 5 heteroatoms. The first-order valence-corrected chi connectivity index (χ1v) is 9.67. The molecule has 0 saturated carbocycles. The number of benzene rings is 2. The number of carbonyl (C=O) groups excluding carboxylic acids is 1. The quantitative estimate of drug-likeness (QED) is 0.323. The van der Waals surface area contributed by atoms with E-state index in [1.54, 1.807) is 19.1 Å². The molecule has 3 N–H and O–H groups in total. The number of aliphatic hydroxyl groups is 2. The van der Waals surface area contributed by atoms with Crippen LogP contribution < -0.4 is 0 Å². The lowest BCUT2D eigenvalue weighted by Gasteiger charge is -2.24. The number of aliphatic hydroxyl groups excluding tert-OH is 2. The van der Waals surface area contributed by atoms with E-state index in [0.717, 1.165) is 11.1 Å². The van der Waals surface area contributed by atoms with E-state index < -0.39 is 24.1 Å². The van der Waals surface area contributed by atoms with Crippen LogP contribution in [-0.4, -0.2) is 40.1 Å². The summed E-state index contributed by atoms with van der Waals surface area (Å²) < 4.78 is 4.84. The normalized spacial score (nSPS) is 14.7. The number of para-hydroxylation sites is 1. The van der Waals surface area contributed by atoms with Gasteiger partial charge in [0.15, 0.2) is 6.10 Å². The first kappa shape index (κ1) is 22.4. The molecule has 0 saturated heterocycles. The lowest BCUT2D eigenvalue weighted by atomic mass is 9.89. The minimum absolute atomic E-state index is 0.150. The molecule has 0 aliphatic heterocycles. The molecule has 154 valence electrons. The molecule has 2 aromatic rings. The zero-order valence-corrected chi connectivity index (χ0v) is 16.6. The molecule has 0 aliphatic carbocycles. The van der Waals surface area contributed by atoms with Gasteiger partial charge in [-0.3, -0.25) is 0 Å². The van der Waals surface area contributed by atoms with Crippen molar-refractivity contribution in [2.24, 2.45) is 5.92 Å². The summed E-state index contributed by atoms with van der Waals surface area (Å²) in [6.07, 6.45) is 1.57. The van der Waals surface area contributed by atoms with Crippen LogP contribution in [0.25, 0.3) is 11.6 Å². The Balaban J connectivity index is 2.20. The molecule has 0 aromatic heterocycles. The summed E-state index contributed by atoms with van der Waals surface area (Å²) in [5.74, 6) is -1.44. The Morgan fingerprint density at radius 3 is 2.38 bits per heavy atom. The highest BCUT2D eigenvalue weighted by Gasteiger charge is 2.30. The van der Waals surface area contributed by atoms with Crippen LogP contribution in [0.2, 0.25) is 0 Å². The van der Waals surface area contributed by atoms with Crippen LogP contribution in [0.3, 0.4) is 0 Å². The Morgan fingerprint density at radius 1 is 1.10 bits per heavy atom. The fourth-order valence-corrected chi connectivity index (χ4v) is 3.13. The van der Waals surface area contributed by atoms with Crippen LogP contribution in [-0.2, 0) is 9.53 Å². The van der Waals surface area contributed by atoms with Crippen molar-refractivity contribution >= 4 is 17.6 Å². The van der Waals surface area contributed by atoms with Crippen LogP contribution in [0.5, 0.6) is 5.75 Å². The summed E-state index contributed by atoms with van der Waals surface area (Å²) in [6.45, 7) is 5.44. The van der Waals surface area contributed by atoms with Gasteiger partial charge in [-0.1, -0.05) is 54.6 Å². The van der Waals surface area contributed by atoms with Crippen LogP contribution >= 0.6 is 0 Å². The van der Waals surface area contributed by atoms with Gasteiger partial charge in [0, 0.05) is 11.5 Å². The molecule has 0 aliphatic rings. The number of rotatable bonds is 10. The Hall–Kier alpha value is -2.89. The molecule has 0 amide bonds. The molecule has 2 aromatic carbocycles. The summed E-state index contributed by atoms with van der Waals surface area (Å²) in [5.41, 5.74) is 2.55. The number of carbonyl (C=O) groups is 1. The molecule has 29 heavy (non-hydrogen) atoms. The maximum Gasteiger partial charge on any atom is 0.335 e. The SMILES string of the molecule is C=C[C@H]([C@H](O)CC/C(=C/c1ccccc1O)c1ccccc1)[C@H](O)C(=O)OCC. The summed E-state index contributed by atoms with van der Waals surface area (Å²) in [4.78, 5) is 11.8. The number of hydrogen-bond donors (Lipinski definition) is 3. The van der Waals surface area contributed by atoms with E-state index in [0.29, 0.717) is 18.4 Å². The van der Waals surface area contributed by atoms with E-state index in [4.69, 9.17) is 4.74 Å². The first-order valence-electron chi connectivity index (χ1n) is 9.67. The fraction of sp³-hybridized carbons (Fsp3) is 0.292. The van der Waals surface area contributed by atoms with Crippen molar-refractivity contribution in [3.05, 3.63) is 78.4 Å². The van der Waals surface area contributed by atoms with Crippen LogP contribution in [0, 0.1) is 5.92 Å². The summed E-state index contributed by atoms with van der Waals surface area (Å²) >= 11 is 0. The lowest BCUT2D eigenvalue weighted by Crippen LogP contribution is -2.37. The van der Waals surface area contributed by atoms with E-state index in [-0.39, 0.29) is 12.4 Å². The fourth-order valence-electron chi connectivity index (χ4n) is 3.13. The molecular formula is C24H28O5. The van der Waals surface area contributed by atoms with Gasteiger partial charge in [0.05, 0.1) is 12.7 Å². The monoisotopic (exact) mass is 396 g/mol. The van der Waals surface area contributed by atoms with Crippen molar-refractivity contribution < 1.29 is 24.9 Å². The predicted molar refractivity (Wildman–Crippen MR) is 114 cm³/mol. The molecule has 0 unspecified atom stereocenters. The molecular weight excluding hydrogens is 368 g/mol. The van der Waals surface area contributed by atoms with Crippen LogP contribution in [0.1, 0.15) is 30.9 Å². The van der Waals surface area contributed by atoms with Gasteiger partial charge in [0.25, 0.3) is 0 Å². The minimum atomic E-state index is -1.47. The number of phenolic OH excluding ortho intramolecular Hbond substituents is 1. The van der Waals surface area contributed by atoms with Crippen LogP contribution in [0.4, 0.5) is 0 Å². The number of aromatic hydroxyl groups is 1. The van der Waals surface area contributed by atoms with Crippen molar-refractivity contribution in [2.75, 3.05) is 6.61 Å². The Bertz CT molecular complexity index is 828. The smallest absolute Gasteiger partial charge is 0.335 e. The average molecular weight is 396 g/mol. The molecule has 3 atom stereocenters. The maximum absolute atomic E-state index is 11.8. The van der Waals surface area contributed by atoms with Crippen molar-refractivity contribution in [1.82, 2.24) is 0 Å². The third-order valence-corrected chi connectivity index (χ3v) is 4.73. The minimum Gasteiger partial charge on any atom is -0.507 e. The highest BCUT2D eigenvalue weighted by Crippen LogP contribution is 2.29. The van der Waals surface area contributed by atoms with Crippen molar-refractivity contribution in [1.29, 1.82) is 0 Å². The van der Waals surface area contributed by atoms with Gasteiger partial charge in [-0.05, 0) is 43.0 Å². The average Bonchev–Trinajstić information content (AvgIpc) is 2.73. The molecule has 0 radical (unpaired) electrons. The second kappa shape index (κ2) is 11.2. The molecule has 0 spiro atoms. The third kappa shape index (κ3) is 6.31. The van der Waals surface area contributed by atoms with E-state index in [9.17, 15) is 20.1 Å². The number of allylic oxidation sites excluding steroid dienone is 1. The molecule has 0 fully saturated rings. The van der Waals surface area contributed by atoms with E-state index >= 15 is 0 Å². The second-order valence-electron chi connectivity index (χ2n) is 6.71. The lowest BCUT2D eigenvalue weighted by molar-refractivity contribution is -0.157. The topological polar surface area (TPSA) is 87.0 Å². The van der Waals surface area contributed by atoms with E-state index in [1.165, 1.54) is 6.08 Å². The van der Waals surface area contributed by atoms with Gasteiger partial charge in [0.2, 0.25) is 0 Å². The number of hydrogen-bond acceptors (Lipinski definition) is 5. The standard InChI is InChI=1S/C24H28O5/c1-3-20(23(27)24(28)29-4-2)22(26)15-14-18(17-10-6-5-7-11-17)16-19-12-8-9-13-21(19)25/h3,5-13,16,20,22-23,25-27H,1,4,14-15H2,2H3/b18-16-/t20-,22-,23+/m1/s1. The first-order chi connectivity index (χ1) is 14.0. The largest absolute Gasteiger partial charge is 0.507 e. The molecule has 0 heterocycles. The Labute approximate surface area is 171 Å². The summed E-state index contributed by atoms with van der Waals surface area (Å²) in [7, 11) is 0. The highest BCUT2D eigenvalue weighted by atomic mass is 16.5. The van der Waals surface area contributed by atoms with Crippen LogP contribution in [0.15, 0.2) is 67.3 Å². The van der Waals surface area contributed by atoms with Gasteiger partial charge in [-0.15, -0.1) is 6.58 Å². The van der Waals surface area contributed by atoms with Crippen molar-refractivity contribution in [3.8, 4) is 5.75 Å². The third-order valence-electron chi connectivity index (χ3n) is 4.73. The zero-order chi connectivity index (χ0) is 21.2. The Morgan fingerprint density at radius 2 is 1.76 bits per heavy atom. The van der Waals surface area contributed by atoms with Crippen molar-refractivity contribution in [3.63, 3.8) is 0 Å². The molecule has 5 nitrogen and oxygen atoms in total. The second-order valence-corrected chi connectivity index (χ2v) is 6.71. The summed E-state index contributed by atoms with van der Waals surface area (Å²) in [5, 5.41) is 30.9. The van der Waals surface area contributed by atoms with Gasteiger partial charge in [0.1, 0.15) is 5.75 Å². The maximum atomic E-state index is 11.8. The number of esters is 1. The van der Waals surface area contributed by atoms with Gasteiger partial charge in [-0.25, -0.2) is 4.79 Å². The number of phenols is 1. The van der Waals surface area contributed by atoms with Crippen molar-refractivity contribution in [2.45, 2.75) is 32.0 Å². The Kier molecular flexibility index (Phi) is 8.65. The van der Waals surface area contributed by atoms with Gasteiger partial charge in [-0.2, -0.15) is 0 Å². The summed E-state index contributed by atoms with van der Waals surface area (Å²) in [6, 6.07) is 16.7. The van der Waals surface area contributed by atoms with E-state index in [2.05, 4.69) is 6.58 Å². The predicted octanol–water partition coefficient (Wildman–Crippen LogP) is 3.80. The van der Waals surface area contributed by atoms with Gasteiger partial charge < -0.3 is 20.1 Å². The van der Waals surface area contributed by atoms with Gasteiger partial charge >= 0.3 is 5.97 Å². The van der Waals surface area contributed by atoms with E-state index in [1.807, 2.05) is 48.5 Å². The number of ether oxygens (including phenoxy) is 1. The zero-order valence-electron chi connectivity index (χ0n) is 16.6.